The van der Waals surface area contributed by atoms with Crippen LogP contribution >= 0.6 is 11.6 Å². The lowest BCUT2D eigenvalue weighted by Crippen LogP contribution is -2.16. The van der Waals surface area contributed by atoms with Crippen LogP contribution in [0.3, 0.4) is 0 Å². The number of carbonyl (C=O) groups is 2. The number of hydrogen-bond acceptors (Lipinski definition) is 4. The van der Waals surface area contributed by atoms with Gasteiger partial charge in [0.2, 0.25) is 0 Å². The summed E-state index contributed by atoms with van der Waals surface area (Å²) in [5.41, 5.74) is 2.00. The molecule has 3 rings (SSSR count). The fraction of sp³-hybridized carbons (Fsp3) is 0.0952. The number of ether oxygens (including phenoxy) is 1. The van der Waals surface area contributed by atoms with Crippen LogP contribution in [-0.2, 0) is 0 Å². The number of anilines is 2. The molecule has 0 spiro atoms. The molecule has 2 aromatic carbocycles. The zero-order valence-corrected chi connectivity index (χ0v) is 16.4. The van der Waals surface area contributed by atoms with Gasteiger partial charge in [0.25, 0.3) is 11.8 Å². The summed E-state index contributed by atoms with van der Waals surface area (Å²) in [6.45, 7) is 1.77. The van der Waals surface area contributed by atoms with Crippen LogP contribution in [-0.4, -0.2) is 23.9 Å². The van der Waals surface area contributed by atoms with Gasteiger partial charge in [0.1, 0.15) is 11.6 Å². The summed E-state index contributed by atoms with van der Waals surface area (Å²) in [7, 11) is 1.50. The topological polar surface area (TPSA) is 80.3 Å². The van der Waals surface area contributed by atoms with Gasteiger partial charge < -0.3 is 15.4 Å². The average Bonchev–Trinajstić information content (AvgIpc) is 2.68. The van der Waals surface area contributed by atoms with E-state index in [1.165, 1.54) is 31.6 Å². The minimum Gasteiger partial charge on any atom is -0.495 e. The van der Waals surface area contributed by atoms with Gasteiger partial charge >= 0.3 is 0 Å². The predicted molar refractivity (Wildman–Crippen MR) is 109 cm³/mol. The van der Waals surface area contributed by atoms with Crippen LogP contribution in [0.25, 0.3) is 0 Å². The van der Waals surface area contributed by atoms with Gasteiger partial charge in [-0.2, -0.15) is 0 Å². The summed E-state index contributed by atoms with van der Waals surface area (Å²) in [5, 5.41) is 5.50. The van der Waals surface area contributed by atoms with Crippen molar-refractivity contribution in [1.29, 1.82) is 0 Å². The van der Waals surface area contributed by atoms with Gasteiger partial charge in [-0.05, 0) is 42.8 Å². The zero-order chi connectivity index (χ0) is 21.0. The summed E-state index contributed by atoms with van der Waals surface area (Å²) in [6, 6.07) is 10.1. The lowest BCUT2D eigenvalue weighted by atomic mass is 10.1. The van der Waals surface area contributed by atoms with E-state index in [9.17, 15) is 14.0 Å². The van der Waals surface area contributed by atoms with E-state index in [0.29, 0.717) is 28.3 Å². The number of amides is 2. The number of halogens is 2. The molecule has 0 saturated heterocycles. The number of rotatable bonds is 5. The first kappa shape index (κ1) is 20.3. The molecule has 0 fully saturated rings. The van der Waals surface area contributed by atoms with Crippen molar-refractivity contribution in [3.8, 4) is 5.75 Å². The molecule has 1 heterocycles. The van der Waals surface area contributed by atoms with E-state index < -0.39 is 11.7 Å². The highest BCUT2D eigenvalue weighted by molar-refractivity contribution is 6.31. The van der Waals surface area contributed by atoms with Crippen LogP contribution in [0.4, 0.5) is 15.8 Å². The third-order valence-electron chi connectivity index (χ3n) is 4.07. The summed E-state index contributed by atoms with van der Waals surface area (Å²) in [6.07, 6.45) is 3.02. The Kier molecular flexibility index (Phi) is 6.09. The third kappa shape index (κ3) is 5.08. The molecule has 148 valence electrons. The van der Waals surface area contributed by atoms with Gasteiger partial charge in [-0.25, -0.2) is 4.39 Å². The molecule has 0 radical (unpaired) electrons. The molecule has 0 aliphatic rings. The highest BCUT2D eigenvalue weighted by Crippen LogP contribution is 2.21. The highest BCUT2D eigenvalue weighted by atomic mass is 35.5. The predicted octanol–water partition coefficient (Wildman–Crippen LogP) is 4.70. The number of hydrogen-bond donors (Lipinski definition) is 2. The van der Waals surface area contributed by atoms with Crippen molar-refractivity contribution in [1.82, 2.24) is 4.98 Å². The number of aromatic nitrogens is 1. The van der Waals surface area contributed by atoms with Crippen LogP contribution < -0.4 is 15.4 Å². The fourth-order valence-corrected chi connectivity index (χ4v) is 2.85. The van der Waals surface area contributed by atoms with Crippen molar-refractivity contribution < 1.29 is 18.7 Å². The van der Waals surface area contributed by atoms with Crippen LogP contribution in [0.5, 0.6) is 5.75 Å². The van der Waals surface area contributed by atoms with Crippen molar-refractivity contribution in [2.75, 3.05) is 17.7 Å². The van der Waals surface area contributed by atoms with E-state index in [0.717, 1.165) is 12.1 Å². The van der Waals surface area contributed by atoms with E-state index >= 15 is 0 Å². The smallest absolute Gasteiger partial charge is 0.256 e. The first-order valence-corrected chi connectivity index (χ1v) is 8.92. The maximum absolute atomic E-state index is 13.5. The van der Waals surface area contributed by atoms with Gasteiger partial charge in [-0.3, -0.25) is 14.6 Å². The van der Waals surface area contributed by atoms with Crippen molar-refractivity contribution in [3.63, 3.8) is 0 Å². The summed E-state index contributed by atoms with van der Waals surface area (Å²) in [4.78, 5) is 29.1. The number of nitrogens with zero attached hydrogens (tertiary/aromatic N) is 1. The van der Waals surface area contributed by atoms with Crippen molar-refractivity contribution in [2.45, 2.75) is 6.92 Å². The minimum atomic E-state index is -0.612. The van der Waals surface area contributed by atoms with E-state index in [1.54, 1.807) is 25.1 Å². The normalized spacial score (nSPS) is 10.3. The molecule has 6 nitrogen and oxygen atoms in total. The lowest BCUT2D eigenvalue weighted by Gasteiger charge is -2.11. The van der Waals surface area contributed by atoms with E-state index in [1.807, 2.05) is 0 Å². The Morgan fingerprint density at radius 3 is 2.48 bits per heavy atom. The summed E-state index contributed by atoms with van der Waals surface area (Å²) >= 11 is 5.80. The molecule has 0 aliphatic heterocycles. The first-order chi connectivity index (χ1) is 13.9. The monoisotopic (exact) mass is 413 g/mol. The molecular weight excluding hydrogens is 397 g/mol. The molecule has 8 heteroatoms. The largest absolute Gasteiger partial charge is 0.495 e. The number of pyridine rings is 1. The third-order valence-corrected chi connectivity index (χ3v) is 4.29. The van der Waals surface area contributed by atoms with Crippen LogP contribution in [0.15, 0.2) is 54.9 Å². The molecule has 3 aromatic rings. The molecule has 0 bridgehead atoms. The van der Waals surface area contributed by atoms with Crippen molar-refractivity contribution in [3.05, 3.63) is 82.4 Å². The number of carbonyl (C=O) groups excluding carboxylic acids is 2. The minimum absolute atomic E-state index is 0.0732. The zero-order valence-electron chi connectivity index (χ0n) is 15.6. The molecule has 0 aliphatic carbocycles. The molecule has 0 saturated carbocycles. The Morgan fingerprint density at radius 1 is 1.00 bits per heavy atom. The SMILES string of the molecule is COc1cncc(NC(=O)c2cc(NC(=O)c3cc(F)cc(Cl)c3)ccc2C)c1. The van der Waals surface area contributed by atoms with E-state index in [2.05, 4.69) is 15.6 Å². The Morgan fingerprint density at radius 2 is 1.76 bits per heavy atom. The standard InChI is InChI=1S/C21H17ClFN3O3/c1-12-3-4-16(25-20(27)13-5-14(22)7-15(23)6-13)9-19(12)21(28)26-17-8-18(29-2)11-24-10-17/h3-11H,1-2H3,(H,25,27)(H,26,28). The molecule has 2 N–H and O–H groups in total. The van der Waals surface area contributed by atoms with Gasteiger partial charge in [0.15, 0.2) is 0 Å². The second kappa shape index (κ2) is 8.70. The first-order valence-electron chi connectivity index (χ1n) is 8.54. The molecular formula is C21H17ClFN3O3. The van der Waals surface area contributed by atoms with Crippen molar-refractivity contribution in [2.24, 2.45) is 0 Å². The van der Waals surface area contributed by atoms with Crippen LogP contribution in [0.1, 0.15) is 26.3 Å². The average molecular weight is 414 g/mol. The van der Waals surface area contributed by atoms with E-state index in [-0.39, 0.29) is 16.5 Å². The lowest BCUT2D eigenvalue weighted by molar-refractivity contribution is 0.101. The quantitative estimate of drug-likeness (QED) is 0.635. The number of nitrogens with one attached hydrogen (secondary N) is 2. The van der Waals surface area contributed by atoms with Crippen LogP contribution in [0.2, 0.25) is 5.02 Å². The Hall–Kier alpha value is -3.45. The second-order valence-electron chi connectivity index (χ2n) is 6.21. The Labute approximate surface area is 171 Å². The van der Waals surface area contributed by atoms with Crippen LogP contribution in [0, 0.1) is 12.7 Å². The number of benzene rings is 2. The highest BCUT2D eigenvalue weighted by Gasteiger charge is 2.14. The molecule has 2 amide bonds. The van der Waals surface area contributed by atoms with Gasteiger partial charge in [0.05, 0.1) is 25.2 Å². The maximum atomic E-state index is 13.5. The molecule has 29 heavy (non-hydrogen) atoms. The van der Waals surface area contributed by atoms with Crippen molar-refractivity contribution >= 4 is 34.8 Å². The van der Waals surface area contributed by atoms with Gasteiger partial charge in [0, 0.05) is 27.9 Å². The Balaban J connectivity index is 1.80. The second-order valence-corrected chi connectivity index (χ2v) is 6.65. The van der Waals surface area contributed by atoms with E-state index in [4.69, 9.17) is 16.3 Å². The Bertz CT molecular complexity index is 1070. The van der Waals surface area contributed by atoms with Gasteiger partial charge in [-0.15, -0.1) is 0 Å². The fourth-order valence-electron chi connectivity index (χ4n) is 2.63. The summed E-state index contributed by atoms with van der Waals surface area (Å²) < 4.78 is 18.6. The van der Waals surface area contributed by atoms with Gasteiger partial charge in [-0.1, -0.05) is 17.7 Å². The summed E-state index contributed by atoms with van der Waals surface area (Å²) in [5.74, 6) is -1.02. The molecule has 0 unspecified atom stereocenters. The number of methoxy groups -OCH3 is 1. The number of aryl methyl sites for hydroxylation is 1. The maximum Gasteiger partial charge on any atom is 0.256 e. The molecule has 0 atom stereocenters. The molecule has 1 aromatic heterocycles.